The Morgan fingerprint density at radius 1 is 1.17 bits per heavy atom. The van der Waals surface area contributed by atoms with Crippen LogP contribution in [0.5, 0.6) is 0 Å². The zero-order chi connectivity index (χ0) is 21.0. The number of amides is 2. The maximum atomic E-state index is 13.4. The van der Waals surface area contributed by atoms with Crippen LogP contribution in [0.25, 0.3) is 0 Å². The maximum Gasteiger partial charge on any atom is 0.327 e. The van der Waals surface area contributed by atoms with Gasteiger partial charge in [0.1, 0.15) is 6.04 Å². The Morgan fingerprint density at radius 2 is 1.79 bits per heavy atom. The van der Waals surface area contributed by atoms with Crippen LogP contribution in [-0.4, -0.2) is 44.1 Å². The summed E-state index contributed by atoms with van der Waals surface area (Å²) in [6.45, 7) is 7.73. The number of carbonyl (C=O) groups excluding carboxylic acids is 2. The highest BCUT2D eigenvalue weighted by atomic mass is 32.2. The third-order valence-electron chi connectivity index (χ3n) is 7.59. The summed E-state index contributed by atoms with van der Waals surface area (Å²) in [4.78, 5) is 55.4. The summed E-state index contributed by atoms with van der Waals surface area (Å²) in [6.07, 6.45) is 0.824. The Labute approximate surface area is 176 Å². The van der Waals surface area contributed by atoms with E-state index in [0.717, 1.165) is 21.2 Å². The van der Waals surface area contributed by atoms with E-state index in [4.69, 9.17) is 0 Å². The third kappa shape index (κ3) is 2.31. The smallest absolute Gasteiger partial charge is 0.327 e. The molecule has 2 amide bonds. The predicted octanol–water partition coefficient (Wildman–Crippen LogP) is 2.16. The Morgan fingerprint density at radius 3 is 2.38 bits per heavy atom. The molecule has 0 aromatic carbocycles. The summed E-state index contributed by atoms with van der Waals surface area (Å²) in [5.41, 5.74) is -0.263. The molecule has 0 spiro atoms. The van der Waals surface area contributed by atoms with E-state index < -0.39 is 23.8 Å². The van der Waals surface area contributed by atoms with Gasteiger partial charge in [-0.3, -0.25) is 19.3 Å². The fourth-order valence-corrected chi connectivity index (χ4v) is 9.80. The molecule has 1 aromatic rings. The molecule has 3 fully saturated rings. The lowest BCUT2D eigenvalue weighted by Gasteiger charge is -2.47. The van der Waals surface area contributed by atoms with Crippen molar-refractivity contribution in [2.45, 2.75) is 55.8 Å². The number of hydrogen-bond donors (Lipinski definition) is 2. The topological polar surface area (TPSA) is 108 Å². The van der Waals surface area contributed by atoms with Gasteiger partial charge in [0, 0.05) is 15.5 Å². The van der Waals surface area contributed by atoms with E-state index in [-0.39, 0.29) is 51.0 Å². The molecule has 0 radical (unpaired) electrons. The minimum absolute atomic E-state index is 0.0406. The van der Waals surface area contributed by atoms with Gasteiger partial charge in [-0.25, -0.2) is 4.79 Å². The second kappa shape index (κ2) is 5.97. The average Bonchev–Trinajstić information content (AvgIpc) is 3.32. The van der Waals surface area contributed by atoms with Crippen molar-refractivity contribution in [3.63, 3.8) is 0 Å². The number of fused-ring (bicyclic) bond motifs is 9. The van der Waals surface area contributed by atoms with Gasteiger partial charge in [0.25, 0.3) is 0 Å². The molecule has 2 bridgehead atoms. The molecule has 4 aliphatic rings. The van der Waals surface area contributed by atoms with Gasteiger partial charge in [-0.2, -0.15) is 0 Å². The molecule has 29 heavy (non-hydrogen) atoms. The number of thiazole rings is 1. The van der Waals surface area contributed by atoms with Gasteiger partial charge in [-0.15, -0.1) is 11.8 Å². The summed E-state index contributed by atoms with van der Waals surface area (Å²) < 4.78 is 0. The summed E-state index contributed by atoms with van der Waals surface area (Å²) >= 11 is 2.89. The second-order valence-corrected chi connectivity index (χ2v) is 11.9. The van der Waals surface area contributed by atoms with Gasteiger partial charge in [-0.1, -0.05) is 39.0 Å². The molecule has 7 nitrogen and oxygen atoms in total. The fraction of sp³-hybridized carbons (Fsp3) is 0.700. The van der Waals surface area contributed by atoms with Crippen LogP contribution in [0, 0.1) is 35.5 Å². The van der Waals surface area contributed by atoms with Crippen LogP contribution in [0.15, 0.2) is 9.82 Å². The van der Waals surface area contributed by atoms with Gasteiger partial charge in [0.05, 0.1) is 16.9 Å². The summed E-state index contributed by atoms with van der Waals surface area (Å²) in [5.74, 6) is -2.66. The van der Waals surface area contributed by atoms with Crippen LogP contribution in [0.3, 0.4) is 0 Å². The molecule has 2 aliphatic carbocycles. The normalized spacial score (nSPS) is 37.6. The van der Waals surface area contributed by atoms with Crippen molar-refractivity contribution < 1.29 is 19.5 Å². The number of hydrogen-bond acceptors (Lipinski definition) is 6. The molecule has 9 heteroatoms. The van der Waals surface area contributed by atoms with E-state index in [9.17, 15) is 24.3 Å². The van der Waals surface area contributed by atoms with Crippen molar-refractivity contribution >= 4 is 40.9 Å². The molecule has 5 rings (SSSR count). The first kappa shape index (κ1) is 19.4. The number of carboxylic acid groups (broad SMARTS) is 1. The van der Waals surface area contributed by atoms with Crippen LogP contribution in [0.4, 0.5) is 0 Å². The van der Waals surface area contributed by atoms with E-state index in [1.165, 1.54) is 11.3 Å². The number of carboxylic acids is 1. The van der Waals surface area contributed by atoms with Gasteiger partial charge in [0.15, 0.2) is 0 Å². The molecule has 1 saturated heterocycles. The number of rotatable bonds is 3. The van der Waals surface area contributed by atoms with Gasteiger partial charge in [-0.05, 0) is 30.1 Å². The molecule has 3 heterocycles. The molecule has 0 unspecified atom stereocenters. The minimum Gasteiger partial charge on any atom is -0.480 e. The lowest BCUT2D eigenvalue weighted by Crippen LogP contribution is -2.49. The molecule has 1 aromatic heterocycles. The van der Waals surface area contributed by atoms with Crippen LogP contribution in [0.1, 0.15) is 39.0 Å². The lowest BCUT2D eigenvalue weighted by atomic mass is 9.64. The lowest BCUT2D eigenvalue weighted by molar-refractivity contribution is -0.157. The van der Waals surface area contributed by atoms with Gasteiger partial charge >= 0.3 is 10.8 Å². The monoisotopic (exact) mass is 436 g/mol. The number of aromatic nitrogens is 1. The highest BCUT2D eigenvalue weighted by Gasteiger charge is 2.71. The summed E-state index contributed by atoms with van der Waals surface area (Å²) in [5, 5.41) is 10.7. The summed E-state index contributed by atoms with van der Waals surface area (Å²) in [7, 11) is 0. The molecular formula is C20H24N2O5S2. The zero-order valence-corrected chi connectivity index (χ0v) is 18.3. The van der Waals surface area contributed by atoms with Crippen molar-refractivity contribution in [2.75, 3.05) is 0 Å². The number of aromatic amines is 1. The molecule has 2 N–H and O–H groups in total. The van der Waals surface area contributed by atoms with Crippen molar-refractivity contribution in [1.82, 2.24) is 9.88 Å². The number of imide groups is 1. The van der Waals surface area contributed by atoms with E-state index in [1.54, 1.807) is 25.6 Å². The number of thioether (sulfide) groups is 1. The third-order valence-corrected chi connectivity index (χ3v) is 10.4. The van der Waals surface area contributed by atoms with Crippen molar-refractivity contribution in [2.24, 2.45) is 35.5 Å². The van der Waals surface area contributed by atoms with Crippen molar-refractivity contribution in [3.8, 4) is 0 Å². The van der Waals surface area contributed by atoms with E-state index in [0.29, 0.717) is 0 Å². The second-order valence-electron chi connectivity index (χ2n) is 9.69. The first-order chi connectivity index (χ1) is 13.6. The molecule has 2 aliphatic heterocycles. The zero-order valence-electron chi connectivity index (χ0n) is 16.7. The van der Waals surface area contributed by atoms with Crippen LogP contribution in [0.2, 0.25) is 0 Å². The van der Waals surface area contributed by atoms with Crippen LogP contribution in [-0.2, 0) is 19.8 Å². The first-order valence-corrected chi connectivity index (χ1v) is 11.7. The van der Waals surface area contributed by atoms with E-state index >= 15 is 0 Å². The number of aliphatic carboxylic acids is 1. The van der Waals surface area contributed by atoms with Crippen molar-refractivity contribution in [3.05, 3.63) is 14.5 Å². The van der Waals surface area contributed by atoms with Crippen LogP contribution < -0.4 is 4.87 Å². The number of likely N-dealkylation sites (tertiary alicyclic amines) is 1. The van der Waals surface area contributed by atoms with E-state index in [1.807, 2.05) is 0 Å². The van der Waals surface area contributed by atoms with Gasteiger partial charge in [0.2, 0.25) is 11.8 Å². The number of carbonyl (C=O) groups is 3. The maximum absolute atomic E-state index is 13.4. The molecule has 156 valence electrons. The summed E-state index contributed by atoms with van der Waals surface area (Å²) in [6, 6.07) is -1.11. The fourth-order valence-electron chi connectivity index (χ4n) is 6.64. The highest BCUT2D eigenvalue weighted by molar-refractivity contribution is 8.00. The number of H-pyrrole nitrogens is 1. The Bertz CT molecular complexity index is 995. The van der Waals surface area contributed by atoms with Crippen LogP contribution >= 0.6 is 23.1 Å². The quantitative estimate of drug-likeness (QED) is 0.703. The molecule has 7 atom stereocenters. The van der Waals surface area contributed by atoms with Crippen molar-refractivity contribution in [1.29, 1.82) is 0 Å². The minimum atomic E-state index is -1.12. The largest absolute Gasteiger partial charge is 0.480 e. The Balaban J connectivity index is 1.56. The SMILES string of the molecule is CC(C)[C@H](C(=O)O)N1C(=O)[C@@H]2[C@H]3C[C@@H]([C@@H]2C1=O)[C@@H]1[C@@H]3Sc2[nH]c(=O)sc2C1(C)C. The van der Waals surface area contributed by atoms with E-state index in [2.05, 4.69) is 18.8 Å². The average molecular weight is 437 g/mol. The first-order valence-electron chi connectivity index (χ1n) is 10.1. The Kier molecular flexibility index (Phi) is 3.98. The number of nitrogens with zero attached hydrogens (tertiary/aromatic N) is 1. The molecular weight excluding hydrogens is 412 g/mol. The standard InChI is InChI=1S/C20H24N2O5S2/c1-6(2)12(18(25)26)22-16(23)9-7-5-8(10(9)17(22)24)13-11(7)20(3,4)14-15(28-13)21-19(27)29-14/h6-13H,5H2,1-4H3,(H,21,27)(H,25,26)/t7-,8+,9-,10+,11+,12+,13+/m0/s1. The highest BCUT2D eigenvalue weighted by Crippen LogP contribution is 2.69. The molecule has 2 saturated carbocycles. The van der Waals surface area contributed by atoms with Gasteiger partial charge < -0.3 is 10.1 Å². The Hall–Kier alpha value is -1.61. The predicted molar refractivity (Wildman–Crippen MR) is 108 cm³/mol. The number of nitrogens with one attached hydrogen (secondary N) is 1.